The van der Waals surface area contributed by atoms with Crippen molar-refractivity contribution in [2.45, 2.75) is 72.1 Å². The van der Waals surface area contributed by atoms with Gasteiger partial charge in [0.05, 0.1) is 12.9 Å². The Bertz CT molecular complexity index is 297. The van der Waals surface area contributed by atoms with Crippen LogP contribution in [0.2, 0.25) is 0 Å². The lowest BCUT2D eigenvalue weighted by atomic mass is 9.95. The van der Waals surface area contributed by atoms with Crippen LogP contribution in [0.1, 0.15) is 72.1 Å². The zero-order chi connectivity index (χ0) is 12.7. The number of hydrogen-bond acceptors (Lipinski definition) is 1. The van der Waals surface area contributed by atoms with Gasteiger partial charge in [0, 0.05) is 6.42 Å². The molecule has 0 fully saturated rings. The Kier molecular flexibility index (Phi) is 6.39. The standard InChI is InChI=1S/C16H28O/c1-13-11-9-7-5-6-8-10-12-16(17-4)15(3)14(13)2/h5-12H2,1-4H3/b14-13-,16-15-. The van der Waals surface area contributed by atoms with Crippen molar-refractivity contribution in [1.29, 1.82) is 0 Å². The van der Waals surface area contributed by atoms with E-state index in [0.29, 0.717) is 0 Å². The lowest BCUT2D eigenvalue weighted by Crippen LogP contribution is -1.98. The Balaban J connectivity index is 2.88. The van der Waals surface area contributed by atoms with Gasteiger partial charge in [0.15, 0.2) is 0 Å². The van der Waals surface area contributed by atoms with Crippen LogP contribution in [0.25, 0.3) is 0 Å². The zero-order valence-electron chi connectivity index (χ0n) is 12.1. The second-order valence-electron chi connectivity index (χ2n) is 5.28. The fraction of sp³-hybridized carbons (Fsp3) is 0.750. The summed E-state index contributed by atoms with van der Waals surface area (Å²) in [6, 6.07) is 0. The van der Waals surface area contributed by atoms with Crippen molar-refractivity contribution in [3.63, 3.8) is 0 Å². The molecule has 0 aromatic heterocycles. The molecule has 1 nitrogen and oxygen atoms in total. The van der Waals surface area contributed by atoms with Gasteiger partial charge in [-0.3, -0.25) is 0 Å². The summed E-state index contributed by atoms with van der Waals surface area (Å²) < 4.78 is 5.57. The van der Waals surface area contributed by atoms with E-state index < -0.39 is 0 Å². The number of methoxy groups -OCH3 is 1. The van der Waals surface area contributed by atoms with E-state index in [1.807, 2.05) is 7.11 Å². The predicted octanol–water partition coefficient (Wildman–Crippen LogP) is 5.38. The van der Waals surface area contributed by atoms with E-state index in [1.54, 1.807) is 0 Å². The van der Waals surface area contributed by atoms with E-state index >= 15 is 0 Å². The van der Waals surface area contributed by atoms with E-state index in [9.17, 15) is 0 Å². The summed E-state index contributed by atoms with van der Waals surface area (Å²) in [7, 11) is 1.81. The molecule has 98 valence electrons. The van der Waals surface area contributed by atoms with Gasteiger partial charge in [0.1, 0.15) is 0 Å². The molecule has 0 bridgehead atoms. The van der Waals surface area contributed by atoms with Crippen molar-refractivity contribution >= 4 is 0 Å². The van der Waals surface area contributed by atoms with Crippen LogP contribution in [0.4, 0.5) is 0 Å². The Morgan fingerprint density at radius 1 is 0.706 bits per heavy atom. The first-order chi connectivity index (χ1) is 8.16. The van der Waals surface area contributed by atoms with Gasteiger partial charge in [0.2, 0.25) is 0 Å². The molecule has 0 N–H and O–H groups in total. The van der Waals surface area contributed by atoms with Gasteiger partial charge in [0.25, 0.3) is 0 Å². The smallest absolute Gasteiger partial charge is 0.0987 e. The lowest BCUT2D eigenvalue weighted by Gasteiger charge is -2.15. The van der Waals surface area contributed by atoms with Gasteiger partial charge in [-0.15, -0.1) is 0 Å². The Morgan fingerprint density at radius 3 is 1.82 bits per heavy atom. The van der Waals surface area contributed by atoms with Crippen LogP contribution >= 0.6 is 0 Å². The summed E-state index contributed by atoms with van der Waals surface area (Å²) >= 11 is 0. The topological polar surface area (TPSA) is 9.23 Å². The summed E-state index contributed by atoms with van der Waals surface area (Å²) in [4.78, 5) is 0. The molecule has 0 saturated carbocycles. The highest BCUT2D eigenvalue weighted by molar-refractivity contribution is 5.33. The molecule has 0 unspecified atom stereocenters. The molecule has 0 aromatic carbocycles. The number of hydrogen-bond donors (Lipinski definition) is 0. The quantitative estimate of drug-likeness (QED) is 0.594. The molecule has 0 radical (unpaired) electrons. The Morgan fingerprint density at radius 2 is 1.24 bits per heavy atom. The highest BCUT2D eigenvalue weighted by Crippen LogP contribution is 2.25. The van der Waals surface area contributed by atoms with Crippen molar-refractivity contribution in [2.24, 2.45) is 0 Å². The fourth-order valence-electron chi connectivity index (χ4n) is 2.54. The van der Waals surface area contributed by atoms with Crippen LogP contribution in [0, 0.1) is 0 Å². The van der Waals surface area contributed by atoms with Gasteiger partial charge in [-0.05, 0) is 51.2 Å². The fourth-order valence-corrected chi connectivity index (χ4v) is 2.54. The molecule has 0 amide bonds. The van der Waals surface area contributed by atoms with Gasteiger partial charge in [-0.2, -0.15) is 0 Å². The van der Waals surface area contributed by atoms with Gasteiger partial charge < -0.3 is 4.74 Å². The van der Waals surface area contributed by atoms with E-state index in [1.165, 1.54) is 67.4 Å². The third-order valence-corrected chi connectivity index (χ3v) is 4.07. The predicted molar refractivity (Wildman–Crippen MR) is 75.0 cm³/mol. The Labute approximate surface area is 107 Å². The van der Waals surface area contributed by atoms with Crippen LogP contribution in [-0.2, 0) is 4.74 Å². The molecule has 0 aliphatic heterocycles. The van der Waals surface area contributed by atoms with Crippen LogP contribution < -0.4 is 0 Å². The van der Waals surface area contributed by atoms with Crippen molar-refractivity contribution in [3.8, 4) is 0 Å². The number of rotatable bonds is 1. The minimum atomic E-state index is 1.10. The van der Waals surface area contributed by atoms with Crippen LogP contribution in [0.3, 0.4) is 0 Å². The average molecular weight is 236 g/mol. The monoisotopic (exact) mass is 236 g/mol. The minimum absolute atomic E-state index is 1.10. The van der Waals surface area contributed by atoms with Crippen LogP contribution in [-0.4, -0.2) is 7.11 Å². The molecule has 1 rings (SSSR count). The maximum absolute atomic E-state index is 5.57. The summed E-state index contributed by atoms with van der Waals surface area (Å²) in [5.41, 5.74) is 4.35. The summed E-state index contributed by atoms with van der Waals surface area (Å²) in [6.07, 6.45) is 10.5. The van der Waals surface area contributed by atoms with E-state index in [4.69, 9.17) is 4.74 Å². The first-order valence-electron chi connectivity index (χ1n) is 7.07. The van der Waals surface area contributed by atoms with Crippen molar-refractivity contribution in [3.05, 3.63) is 22.5 Å². The zero-order valence-corrected chi connectivity index (χ0v) is 12.1. The van der Waals surface area contributed by atoms with Gasteiger partial charge in [-0.25, -0.2) is 0 Å². The Hall–Kier alpha value is -0.720. The van der Waals surface area contributed by atoms with Crippen LogP contribution in [0.5, 0.6) is 0 Å². The van der Waals surface area contributed by atoms with E-state index in [0.717, 1.165) is 6.42 Å². The largest absolute Gasteiger partial charge is 0.501 e. The molecular formula is C16H28O. The molecule has 1 aliphatic carbocycles. The van der Waals surface area contributed by atoms with E-state index in [-0.39, 0.29) is 0 Å². The molecule has 17 heavy (non-hydrogen) atoms. The molecule has 0 heterocycles. The molecule has 0 aromatic rings. The SMILES string of the molecule is CO/C1=C(C)\C(C)=C(\C)CCCCCCCC1. The number of allylic oxidation sites excluding steroid dienone is 4. The molecule has 0 saturated heterocycles. The highest BCUT2D eigenvalue weighted by atomic mass is 16.5. The minimum Gasteiger partial charge on any atom is -0.501 e. The lowest BCUT2D eigenvalue weighted by molar-refractivity contribution is 0.269. The second-order valence-corrected chi connectivity index (χ2v) is 5.28. The molecule has 0 atom stereocenters. The normalized spacial score (nSPS) is 29.4. The summed E-state index contributed by atoms with van der Waals surface area (Å²) in [5.74, 6) is 1.20. The highest BCUT2D eigenvalue weighted by Gasteiger charge is 2.08. The van der Waals surface area contributed by atoms with Crippen LogP contribution in [0.15, 0.2) is 22.5 Å². The molecule has 1 heteroatoms. The van der Waals surface area contributed by atoms with Gasteiger partial charge in [-0.1, -0.05) is 31.3 Å². The third kappa shape index (κ3) is 4.57. The van der Waals surface area contributed by atoms with E-state index in [2.05, 4.69) is 20.8 Å². The first kappa shape index (κ1) is 14.3. The molecule has 0 spiro atoms. The maximum atomic E-state index is 5.57. The summed E-state index contributed by atoms with van der Waals surface area (Å²) in [6.45, 7) is 6.73. The maximum Gasteiger partial charge on any atom is 0.0987 e. The first-order valence-corrected chi connectivity index (χ1v) is 7.07. The molecule has 1 aliphatic rings. The third-order valence-electron chi connectivity index (χ3n) is 4.07. The number of ether oxygens (including phenoxy) is 1. The van der Waals surface area contributed by atoms with Crippen molar-refractivity contribution < 1.29 is 4.74 Å². The van der Waals surface area contributed by atoms with Gasteiger partial charge >= 0.3 is 0 Å². The second kappa shape index (κ2) is 7.58. The molecular weight excluding hydrogens is 208 g/mol. The van der Waals surface area contributed by atoms with Crippen molar-refractivity contribution in [1.82, 2.24) is 0 Å². The average Bonchev–Trinajstić information content (AvgIpc) is 2.34. The van der Waals surface area contributed by atoms with Crippen molar-refractivity contribution in [2.75, 3.05) is 7.11 Å². The summed E-state index contributed by atoms with van der Waals surface area (Å²) in [5, 5.41) is 0.